The van der Waals surface area contributed by atoms with Gasteiger partial charge in [0.05, 0.1) is 10.5 Å². The third-order valence-corrected chi connectivity index (χ3v) is 6.61. The lowest BCUT2D eigenvalue weighted by Gasteiger charge is -2.26. The van der Waals surface area contributed by atoms with Gasteiger partial charge in [-0.1, -0.05) is 26.3 Å². The van der Waals surface area contributed by atoms with Gasteiger partial charge in [-0.3, -0.25) is 4.79 Å². The molecule has 1 aromatic carbocycles. The Morgan fingerprint density at radius 2 is 1.79 bits per heavy atom. The molecule has 1 amide bonds. The van der Waals surface area contributed by atoms with Crippen LogP contribution >= 0.6 is 0 Å². The second-order valence-electron chi connectivity index (χ2n) is 7.63. The van der Waals surface area contributed by atoms with Gasteiger partial charge in [0, 0.05) is 19.6 Å². The van der Waals surface area contributed by atoms with Crippen molar-refractivity contribution in [1.82, 2.24) is 9.62 Å². The van der Waals surface area contributed by atoms with Gasteiger partial charge in [0.15, 0.2) is 6.10 Å². The molecule has 1 aromatic rings. The fourth-order valence-corrected chi connectivity index (χ4v) is 4.51. The number of benzene rings is 1. The summed E-state index contributed by atoms with van der Waals surface area (Å²) in [6.07, 6.45) is 1.73. The third kappa shape index (κ3) is 5.54. The van der Waals surface area contributed by atoms with E-state index >= 15 is 0 Å². The summed E-state index contributed by atoms with van der Waals surface area (Å²) in [5.41, 5.74) is 0.749. The topological polar surface area (TPSA) is 92.8 Å². The first kappa shape index (κ1) is 22.4. The molecule has 1 N–H and O–H groups in total. The highest BCUT2D eigenvalue weighted by Gasteiger charge is 2.28. The van der Waals surface area contributed by atoms with E-state index in [-0.39, 0.29) is 22.3 Å². The van der Waals surface area contributed by atoms with Crippen LogP contribution in [0.1, 0.15) is 56.0 Å². The van der Waals surface area contributed by atoms with Crippen molar-refractivity contribution in [2.75, 3.05) is 19.6 Å². The highest BCUT2D eigenvalue weighted by atomic mass is 32.2. The molecule has 2 rings (SSSR count). The molecule has 1 aliphatic heterocycles. The minimum absolute atomic E-state index is 0.0730. The summed E-state index contributed by atoms with van der Waals surface area (Å²) in [7, 11) is -3.65. The number of carbonyl (C=O) groups is 2. The number of aryl methyl sites for hydroxylation is 1. The highest BCUT2D eigenvalue weighted by Crippen LogP contribution is 2.23. The first-order chi connectivity index (χ1) is 13.1. The van der Waals surface area contributed by atoms with Crippen molar-refractivity contribution < 1.29 is 22.7 Å². The minimum atomic E-state index is -3.65. The van der Waals surface area contributed by atoms with Crippen molar-refractivity contribution in [1.29, 1.82) is 0 Å². The Bertz CT molecular complexity index is 814. The number of amides is 1. The van der Waals surface area contributed by atoms with Crippen molar-refractivity contribution in [3.8, 4) is 0 Å². The number of carbonyl (C=O) groups excluding carboxylic acids is 2. The van der Waals surface area contributed by atoms with Gasteiger partial charge in [0.2, 0.25) is 10.0 Å². The third-order valence-electron chi connectivity index (χ3n) is 4.72. The molecule has 7 nitrogen and oxygen atoms in total. The number of hydrogen-bond acceptors (Lipinski definition) is 5. The lowest BCUT2D eigenvalue weighted by molar-refractivity contribution is -0.129. The number of ether oxygens (including phenoxy) is 1. The molecule has 1 aliphatic rings. The van der Waals surface area contributed by atoms with E-state index in [9.17, 15) is 18.0 Å². The molecule has 0 radical (unpaired) electrons. The summed E-state index contributed by atoms with van der Waals surface area (Å²) in [6.45, 7) is 8.60. The van der Waals surface area contributed by atoms with E-state index in [1.54, 1.807) is 13.0 Å². The van der Waals surface area contributed by atoms with Crippen LogP contribution in [0, 0.1) is 12.8 Å². The zero-order chi connectivity index (χ0) is 20.9. The highest BCUT2D eigenvalue weighted by molar-refractivity contribution is 7.89. The summed E-state index contributed by atoms with van der Waals surface area (Å²) in [6, 6.07) is 4.45. The van der Waals surface area contributed by atoms with Gasteiger partial charge in [0.1, 0.15) is 0 Å². The molecule has 0 bridgehead atoms. The number of rotatable bonds is 7. The van der Waals surface area contributed by atoms with E-state index in [1.165, 1.54) is 23.4 Å². The Balaban J connectivity index is 2.16. The summed E-state index contributed by atoms with van der Waals surface area (Å²) < 4.78 is 32.4. The van der Waals surface area contributed by atoms with Crippen LogP contribution in [-0.4, -0.2) is 50.3 Å². The van der Waals surface area contributed by atoms with Gasteiger partial charge in [-0.2, -0.15) is 4.31 Å². The predicted octanol–water partition coefficient (Wildman–Crippen LogP) is 2.49. The zero-order valence-corrected chi connectivity index (χ0v) is 17.8. The van der Waals surface area contributed by atoms with Gasteiger partial charge in [-0.05, 0) is 50.3 Å². The smallest absolute Gasteiger partial charge is 0.339 e. The van der Waals surface area contributed by atoms with Crippen LogP contribution in [0.5, 0.6) is 0 Å². The maximum absolute atomic E-state index is 12.9. The van der Waals surface area contributed by atoms with Crippen molar-refractivity contribution >= 4 is 21.9 Å². The Kier molecular flexibility index (Phi) is 7.60. The maximum atomic E-state index is 12.9. The van der Waals surface area contributed by atoms with Crippen molar-refractivity contribution in [2.24, 2.45) is 5.92 Å². The number of piperidine rings is 1. The molecule has 156 valence electrons. The lowest BCUT2D eigenvalue weighted by atomic mass is 10.1. The number of hydrogen-bond donors (Lipinski definition) is 1. The molecule has 8 heteroatoms. The van der Waals surface area contributed by atoms with Crippen LogP contribution in [0.4, 0.5) is 0 Å². The second kappa shape index (κ2) is 9.52. The summed E-state index contributed by atoms with van der Waals surface area (Å²) in [4.78, 5) is 24.7. The summed E-state index contributed by atoms with van der Waals surface area (Å²) in [5, 5.41) is 2.71. The van der Waals surface area contributed by atoms with Crippen molar-refractivity contribution in [3.63, 3.8) is 0 Å². The quantitative estimate of drug-likeness (QED) is 0.697. The Hall–Kier alpha value is -1.93. The van der Waals surface area contributed by atoms with Crippen LogP contribution in [0.25, 0.3) is 0 Å². The lowest BCUT2D eigenvalue weighted by Crippen LogP contribution is -2.37. The molecular formula is C20H30N2O5S. The molecule has 0 saturated carbocycles. The second-order valence-corrected chi connectivity index (χ2v) is 9.57. The largest absolute Gasteiger partial charge is 0.449 e. The van der Waals surface area contributed by atoms with Gasteiger partial charge in [-0.15, -0.1) is 0 Å². The standard InChI is InChI=1S/C20H30N2O5S/c1-14(2)13-21-19(23)16(4)27-20(24)18-12-17(9-8-15(18)3)28(25,26)22-10-6-5-7-11-22/h8-9,12,14,16H,5-7,10-11,13H2,1-4H3,(H,21,23). The first-order valence-electron chi connectivity index (χ1n) is 9.72. The Morgan fingerprint density at radius 3 is 2.39 bits per heavy atom. The predicted molar refractivity (Wildman–Crippen MR) is 107 cm³/mol. The fourth-order valence-electron chi connectivity index (χ4n) is 2.96. The number of nitrogens with one attached hydrogen (secondary N) is 1. The molecule has 28 heavy (non-hydrogen) atoms. The average molecular weight is 411 g/mol. The average Bonchev–Trinajstić information content (AvgIpc) is 2.66. The molecular weight excluding hydrogens is 380 g/mol. The van der Waals surface area contributed by atoms with Crippen LogP contribution in [0.2, 0.25) is 0 Å². The Morgan fingerprint density at radius 1 is 1.14 bits per heavy atom. The fraction of sp³-hybridized carbons (Fsp3) is 0.600. The number of sulfonamides is 1. The van der Waals surface area contributed by atoms with E-state index in [4.69, 9.17) is 4.74 Å². The van der Waals surface area contributed by atoms with E-state index < -0.39 is 22.1 Å². The van der Waals surface area contributed by atoms with Gasteiger partial charge >= 0.3 is 5.97 Å². The minimum Gasteiger partial charge on any atom is -0.449 e. The normalized spacial score (nSPS) is 16.6. The van der Waals surface area contributed by atoms with Gasteiger partial charge in [0.25, 0.3) is 5.91 Å². The summed E-state index contributed by atoms with van der Waals surface area (Å²) >= 11 is 0. The molecule has 0 aliphatic carbocycles. The summed E-state index contributed by atoms with van der Waals surface area (Å²) in [5.74, 6) is -0.803. The van der Waals surface area contributed by atoms with E-state index in [2.05, 4.69) is 5.32 Å². The molecule has 0 aromatic heterocycles. The number of nitrogens with zero attached hydrogens (tertiary/aromatic N) is 1. The molecule has 1 saturated heterocycles. The van der Waals surface area contributed by atoms with E-state index in [1.807, 2.05) is 13.8 Å². The van der Waals surface area contributed by atoms with Gasteiger partial charge in [-0.25, -0.2) is 13.2 Å². The Labute approximate surface area is 167 Å². The number of esters is 1. The monoisotopic (exact) mass is 410 g/mol. The molecule has 0 spiro atoms. The molecule has 1 heterocycles. The van der Waals surface area contributed by atoms with Crippen molar-refractivity contribution in [2.45, 2.75) is 58.0 Å². The molecule has 1 fully saturated rings. The maximum Gasteiger partial charge on any atom is 0.339 e. The van der Waals surface area contributed by atoms with Crippen molar-refractivity contribution in [3.05, 3.63) is 29.3 Å². The van der Waals surface area contributed by atoms with Crippen LogP contribution < -0.4 is 5.32 Å². The zero-order valence-electron chi connectivity index (χ0n) is 17.0. The van der Waals surface area contributed by atoms with Gasteiger partial charge < -0.3 is 10.1 Å². The van der Waals surface area contributed by atoms with E-state index in [0.717, 1.165) is 19.3 Å². The van der Waals surface area contributed by atoms with E-state index in [0.29, 0.717) is 25.2 Å². The van der Waals surface area contributed by atoms with Crippen LogP contribution in [0.15, 0.2) is 23.1 Å². The SMILES string of the molecule is Cc1ccc(S(=O)(=O)N2CCCCC2)cc1C(=O)OC(C)C(=O)NCC(C)C. The van der Waals surface area contributed by atoms with Crippen LogP contribution in [0.3, 0.4) is 0 Å². The molecule has 1 unspecified atom stereocenters. The van der Waals surface area contributed by atoms with Crippen LogP contribution in [-0.2, 0) is 19.6 Å². The first-order valence-corrected chi connectivity index (χ1v) is 11.2. The molecule has 1 atom stereocenters.